The van der Waals surface area contributed by atoms with Crippen LogP contribution in [0.5, 0.6) is 0 Å². The van der Waals surface area contributed by atoms with Gasteiger partial charge in [-0.1, -0.05) is 47.0 Å². The zero-order chi connectivity index (χ0) is 19.3. The minimum Gasteiger partial charge on any atom is -0.393 e. The molecule has 0 amide bonds. The lowest BCUT2D eigenvalue weighted by Crippen LogP contribution is -2.48. The lowest BCUT2D eigenvalue weighted by Gasteiger charge is -2.46. The second kappa shape index (κ2) is 9.65. The second-order valence-corrected chi connectivity index (χ2v) is 9.03. The molecule has 5 heteroatoms. The molecule has 0 aliphatic heterocycles. The van der Waals surface area contributed by atoms with Gasteiger partial charge in [-0.2, -0.15) is 0 Å². The molecule has 3 N–H and O–H groups in total. The molecule has 0 aromatic heterocycles. The highest BCUT2D eigenvalue weighted by atomic mass is 17.1. The van der Waals surface area contributed by atoms with Gasteiger partial charge in [0.1, 0.15) is 0 Å². The Morgan fingerprint density at radius 1 is 1.20 bits per heavy atom. The zero-order valence-electron chi connectivity index (χ0n) is 17.0. The van der Waals surface area contributed by atoms with Gasteiger partial charge in [0.2, 0.25) is 0 Å². The Bertz CT molecular complexity index is 380. The summed E-state index contributed by atoms with van der Waals surface area (Å²) in [6.07, 6.45) is 5.25. The van der Waals surface area contributed by atoms with Crippen LogP contribution in [0.3, 0.4) is 0 Å². The number of hydrogen-bond acceptors (Lipinski definition) is 5. The van der Waals surface area contributed by atoms with Crippen molar-refractivity contribution >= 4 is 0 Å². The van der Waals surface area contributed by atoms with Gasteiger partial charge in [-0.05, 0) is 48.9 Å². The Kier molecular flexibility index (Phi) is 8.82. The average molecular weight is 362 g/mol. The van der Waals surface area contributed by atoms with E-state index in [0.717, 1.165) is 19.3 Å². The lowest BCUT2D eigenvalue weighted by molar-refractivity contribution is -0.349. The Morgan fingerprint density at radius 3 is 2.32 bits per heavy atom. The van der Waals surface area contributed by atoms with Gasteiger partial charge in [0.05, 0.1) is 12.2 Å². The molecule has 1 unspecified atom stereocenters. The van der Waals surface area contributed by atoms with Crippen molar-refractivity contribution in [3.05, 3.63) is 0 Å². The molecule has 0 spiro atoms. The van der Waals surface area contributed by atoms with Crippen molar-refractivity contribution in [3.8, 4) is 0 Å². The van der Waals surface area contributed by atoms with E-state index < -0.39 is 11.9 Å². The Morgan fingerprint density at radius 2 is 1.84 bits per heavy atom. The fourth-order valence-electron chi connectivity index (χ4n) is 5.20. The van der Waals surface area contributed by atoms with Crippen LogP contribution in [-0.2, 0) is 9.62 Å². The minimum absolute atomic E-state index is 0.0599. The van der Waals surface area contributed by atoms with Crippen LogP contribution < -0.4 is 0 Å². The molecule has 1 rings (SSSR count). The van der Waals surface area contributed by atoms with Crippen molar-refractivity contribution in [1.82, 2.24) is 0 Å². The van der Waals surface area contributed by atoms with Crippen molar-refractivity contribution in [2.75, 3.05) is 13.7 Å². The predicted octanol–water partition coefficient (Wildman–Crippen LogP) is 4.08. The third kappa shape index (κ3) is 5.64. The molecular formula is C20H40O5. The minimum atomic E-state index is -1.14. The molecule has 25 heavy (non-hydrogen) atoms. The van der Waals surface area contributed by atoms with Crippen molar-refractivity contribution < 1.29 is 25.1 Å². The SMILES string of the molecule is COC(C[C@]1(C)[C@@H]([C@H](C)CCCC(C)C)CC[C@H]1[C@@]([13CH3])(O)CO)OO. The number of aliphatic hydroxyl groups is 2. The maximum Gasteiger partial charge on any atom is 0.191 e. The third-order valence-electron chi connectivity index (χ3n) is 6.60. The van der Waals surface area contributed by atoms with Gasteiger partial charge in [-0.25, -0.2) is 10.1 Å². The van der Waals surface area contributed by atoms with Crippen molar-refractivity contribution in [1.29, 1.82) is 0 Å². The first-order valence-electron chi connectivity index (χ1n) is 9.78. The van der Waals surface area contributed by atoms with E-state index in [2.05, 4.69) is 32.6 Å². The second-order valence-electron chi connectivity index (χ2n) is 9.03. The largest absolute Gasteiger partial charge is 0.393 e. The Labute approximate surface area is 153 Å². The molecule has 1 fully saturated rings. The quantitative estimate of drug-likeness (QED) is 0.224. The molecule has 1 aliphatic rings. The molecule has 0 heterocycles. The molecule has 0 radical (unpaired) electrons. The van der Waals surface area contributed by atoms with Crippen LogP contribution in [0.1, 0.15) is 73.1 Å². The van der Waals surface area contributed by atoms with Gasteiger partial charge < -0.3 is 14.9 Å². The van der Waals surface area contributed by atoms with Crippen LogP contribution in [0.15, 0.2) is 0 Å². The highest BCUT2D eigenvalue weighted by molar-refractivity contribution is 5.03. The van der Waals surface area contributed by atoms with E-state index in [9.17, 15) is 10.2 Å². The van der Waals surface area contributed by atoms with Gasteiger partial charge in [0.25, 0.3) is 0 Å². The first-order valence-corrected chi connectivity index (χ1v) is 9.78. The Balaban J connectivity index is 2.98. The molecule has 0 aromatic rings. The molecule has 0 bridgehead atoms. The number of methoxy groups -OCH3 is 1. The number of rotatable bonds is 11. The van der Waals surface area contributed by atoms with Crippen molar-refractivity contribution in [3.63, 3.8) is 0 Å². The summed E-state index contributed by atoms with van der Waals surface area (Å²) in [4.78, 5) is 4.50. The summed E-state index contributed by atoms with van der Waals surface area (Å²) in [7, 11) is 1.51. The van der Waals surface area contributed by atoms with E-state index in [1.165, 1.54) is 20.0 Å². The normalized spacial score (nSPS) is 31.9. The molecule has 0 aromatic carbocycles. The number of hydrogen-bond donors (Lipinski definition) is 3. The number of ether oxygens (including phenoxy) is 1. The molecule has 1 saturated carbocycles. The van der Waals surface area contributed by atoms with Gasteiger partial charge in [-0.3, -0.25) is 0 Å². The predicted molar refractivity (Wildman–Crippen MR) is 99.0 cm³/mol. The van der Waals surface area contributed by atoms with E-state index >= 15 is 0 Å². The fraction of sp³-hybridized carbons (Fsp3) is 1.00. The summed E-state index contributed by atoms with van der Waals surface area (Å²) in [5.41, 5.74) is -1.41. The van der Waals surface area contributed by atoms with E-state index in [4.69, 9.17) is 9.99 Å². The summed E-state index contributed by atoms with van der Waals surface area (Å²) >= 11 is 0. The van der Waals surface area contributed by atoms with Crippen LogP contribution in [0.4, 0.5) is 0 Å². The van der Waals surface area contributed by atoms with Gasteiger partial charge in [-0.15, -0.1) is 0 Å². The first kappa shape index (κ1) is 22.8. The average Bonchev–Trinajstić information content (AvgIpc) is 2.90. The smallest absolute Gasteiger partial charge is 0.191 e. The topological polar surface area (TPSA) is 79.2 Å². The van der Waals surface area contributed by atoms with Gasteiger partial charge in [0, 0.05) is 13.5 Å². The number of aliphatic hydroxyl groups excluding tert-OH is 1. The molecule has 5 nitrogen and oxygen atoms in total. The van der Waals surface area contributed by atoms with Crippen molar-refractivity contribution in [2.45, 2.75) is 85.0 Å². The van der Waals surface area contributed by atoms with Crippen LogP contribution in [0.2, 0.25) is 0 Å². The Hall–Kier alpha value is -0.200. The van der Waals surface area contributed by atoms with E-state index in [1.54, 1.807) is 6.92 Å². The van der Waals surface area contributed by atoms with E-state index in [-0.39, 0.29) is 17.9 Å². The molecule has 0 saturated heterocycles. The lowest BCUT2D eigenvalue weighted by atomic mass is 9.63. The standard InChI is InChI=1S/C20H40O5/c1-14(2)8-7-9-15(3)16-10-11-17(20(5,22)13-21)19(16,4)12-18(24-6)25-23/h14-18,21-23H,7-13H2,1-6H3/t15-,16-,17-,18?,19-,20+/m1/s1/i5+1. The maximum absolute atomic E-state index is 10.8. The summed E-state index contributed by atoms with van der Waals surface area (Å²) < 4.78 is 5.25. The molecule has 6 atom stereocenters. The molecule has 1 aliphatic carbocycles. The molecular weight excluding hydrogens is 321 g/mol. The zero-order valence-corrected chi connectivity index (χ0v) is 17.0. The first-order chi connectivity index (χ1) is 11.6. The maximum atomic E-state index is 10.8. The van der Waals surface area contributed by atoms with Crippen molar-refractivity contribution in [2.24, 2.45) is 29.1 Å². The summed E-state index contributed by atoms with van der Waals surface area (Å²) in [6, 6.07) is 0. The van der Waals surface area contributed by atoms with Gasteiger partial charge in [0.15, 0.2) is 6.29 Å². The van der Waals surface area contributed by atoms with Gasteiger partial charge >= 0.3 is 0 Å². The third-order valence-corrected chi connectivity index (χ3v) is 6.60. The van der Waals surface area contributed by atoms with E-state index in [1.807, 2.05) is 0 Å². The summed E-state index contributed by atoms with van der Waals surface area (Å²) in [5.74, 6) is 1.57. The van der Waals surface area contributed by atoms with Crippen LogP contribution >= 0.6 is 0 Å². The fourth-order valence-corrected chi connectivity index (χ4v) is 5.20. The summed E-state index contributed by atoms with van der Waals surface area (Å²) in [5, 5.41) is 29.6. The van der Waals surface area contributed by atoms with E-state index in [0.29, 0.717) is 24.2 Å². The monoisotopic (exact) mass is 361 g/mol. The highest BCUT2D eigenvalue weighted by Crippen LogP contribution is 2.57. The van der Waals surface area contributed by atoms with Crippen LogP contribution in [0.25, 0.3) is 0 Å². The van der Waals surface area contributed by atoms with Crippen LogP contribution in [-0.4, -0.2) is 41.1 Å². The van der Waals surface area contributed by atoms with Crippen LogP contribution in [0, 0.1) is 29.1 Å². The highest BCUT2D eigenvalue weighted by Gasteiger charge is 2.55. The molecule has 150 valence electrons. The summed E-state index contributed by atoms with van der Waals surface area (Å²) in [6.45, 7) is 10.4.